The monoisotopic (exact) mass is 433 g/mol. The third-order valence-electron chi connectivity index (χ3n) is 5.66. The fraction of sp³-hybridized carbons (Fsp3) is 0.280. The number of ether oxygens (including phenoxy) is 3. The molecule has 3 aromatic rings. The van der Waals surface area contributed by atoms with Crippen LogP contribution in [0.1, 0.15) is 18.4 Å². The molecule has 0 aromatic heterocycles. The lowest BCUT2D eigenvalue weighted by Gasteiger charge is -2.21. The average molecular weight is 434 g/mol. The topological polar surface area (TPSA) is 72.4 Å². The molecule has 166 valence electrons. The maximum atomic E-state index is 13.0. The van der Waals surface area contributed by atoms with Gasteiger partial charge in [0.25, 0.3) is 0 Å². The number of rotatable bonds is 7. The SMILES string of the molecule is COc1ccc(NC(=O)C2CCCN2/N=C/c2ccc(OC)c3ccccc23)cc1OC. The molecule has 4 rings (SSSR count). The van der Waals surface area contributed by atoms with Gasteiger partial charge in [0.1, 0.15) is 11.8 Å². The molecular weight excluding hydrogens is 406 g/mol. The van der Waals surface area contributed by atoms with Crippen molar-refractivity contribution < 1.29 is 19.0 Å². The Bertz CT molecular complexity index is 1150. The summed E-state index contributed by atoms with van der Waals surface area (Å²) >= 11 is 0. The van der Waals surface area contributed by atoms with Gasteiger partial charge in [-0.1, -0.05) is 24.3 Å². The number of carbonyl (C=O) groups excluding carboxylic acids is 1. The van der Waals surface area contributed by atoms with Crippen LogP contribution < -0.4 is 19.5 Å². The Kier molecular flexibility index (Phi) is 6.44. The summed E-state index contributed by atoms with van der Waals surface area (Å²) in [4.78, 5) is 13.0. The number of benzene rings is 3. The Hall–Kier alpha value is -3.74. The number of hydrazone groups is 1. The molecule has 1 N–H and O–H groups in total. The highest BCUT2D eigenvalue weighted by Gasteiger charge is 2.30. The predicted molar refractivity (Wildman–Crippen MR) is 126 cm³/mol. The van der Waals surface area contributed by atoms with Crippen molar-refractivity contribution in [3.63, 3.8) is 0 Å². The maximum absolute atomic E-state index is 13.0. The summed E-state index contributed by atoms with van der Waals surface area (Å²) in [5.74, 6) is 1.92. The quantitative estimate of drug-likeness (QED) is 0.563. The van der Waals surface area contributed by atoms with Crippen molar-refractivity contribution in [3.8, 4) is 17.2 Å². The van der Waals surface area contributed by atoms with Gasteiger partial charge in [0.2, 0.25) is 5.91 Å². The zero-order valence-electron chi connectivity index (χ0n) is 18.5. The highest BCUT2D eigenvalue weighted by Crippen LogP contribution is 2.31. The minimum absolute atomic E-state index is 0.0912. The van der Waals surface area contributed by atoms with Gasteiger partial charge >= 0.3 is 0 Å². The molecule has 0 saturated carbocycles. The van der Waals surface area contributed by atoms with Crippen molar-refractivity contribution in [1.29, 1.82) is 0 Å². The molecule has 1 fully saturated rings. The first-order valence-corrected chi connectivity index (χ1v) is 10.5. The van der Waals surface area contributed by atoms with Crippen LogP contribution in [0, 0.1) is 0 Å². The third kappa shape index (κ3) is 4.32. The summed E-state index contributed by atoms with van der Waals surface area (Å²) in [5.41, 5.74) is 1.64. The van der Waals surface area contributed by atoms with E-state index in [-0.39, 0.29) is 11.9 Å². The summed E-state index contributed by atoms with van der Waals surface area (Å²) in [7, 11) is 4.82. The van der Waals surface area contributed by atoms with Crippen LogP contribution in [0.4, 0.5) is 5.69 Å². The van der Waals surface area contributed by atoms with Crippen molar-refractivity contribution >= 4 is 28.6 Å². The molecular formula is C25H27N3O4. The van der Waals surface area contributed by atoms with E-state index in [4.69, 9.17) is 14.2 Å². The van der Waals surface area contributed by atoms with Crippen LogP contribution >= 0.6 is 0 Å². The molecule has 32 heavy (non-hydrogen) atoms. The second kappa shape index (κ2) is 9.60. The van der Waals surface area contributed by atoms with Crippen LogP contribution in [0.15, 0.2) is 59.7 Å². The van der Waals surface area contributed by atoms with Crippen LogP contribution in [0.25, 0.3) is 10.8 Å². The highest BCUT2D eigenvalue weighted by atomic mass is 16.5. The first kappa shape index (κ1) is 21.5. The Morgan fingerprint density at radius 3 is 2.44 bits per heavy atom. The summed E-state index contributed by atoms with van der Waals surface area (Å²) in [6.07, 6.45) is 3.48. The lowest BCUT2D eigenvalue weighted by Crippen LogP contribution is -2.36. The van der Waals surface area contributed by atoms with Gasteiger partial charge in [-0.3, -0.25) is 9.80 Å². The molecule has 0 radical (unpaired) electrons. The minimum atomic E-state index is -0.330. The predicted octanol–water partition coefficient (Wildman–Crippen LogP) is 4.30. The van der Waals surface area contributed by atoms with E-state index < -0.39 is 0 Å². The molecule has 7 heteroatoms. The Morgan fingerprint density at radius 2 is 1.69 bits per heavy atom. The third-order valence-corrected chi connectivity index (χ3v) is 5.66. The zero-order chi connectivity index (χ0) is 22.5. The summed E-state index contributed by atoms with van der Waals surface area (Å²) in [6.45, 7) is 0.731. The number of anilines is 1. The molecule has 3 aromatic carbocycles. The van der Waals surface area contributed by atoms with Gasteiger partial charge < -0.3 is 19.5 Å². The summed E-state index contributed by atoms with van der Waals surface area (Å²) in [5, 5.41) is 11.6. The second-order valence-corrected chi connectivity index (χ2v) is 7.53. The van der Waals surface area contributed by atoms with Crippen LogP contribution in [0.5, 0.6) is 17.2 Å². The standard InChI is InChI=1S/C25H27N3O4/c1-30-22-12-10-17(19-7-4-5-8-20(19)22)16-26-28-14-6-9-21(28)25(29)27-18-11-13-23(31-2)24(15-18)32-3/h4-5,7-8,10-13,15-16,21H,6,9,14H2,1-3H3,(H,27,29)/b26-16+. The Morgan fingerprint density at radius 1 is 0.969 bits per heavy atom. The van der Waals surface area contributed by atoms with Gasteiger partial charge in [0, 0.05) is 29.2 Å². The number of carbonyl (C=O) groups is 1. The second-order valence-electron chi connectivity index (χ2n) is 7.53. The van der Waals surface area contributed by atoms with Gasteiger partial charge in [-0.15, -0.1) is 0 Å². The largest absolute Gasteiger partial charge is 0.496 e. The Balaban J connectivity index is 1.51. The molecule has 0 bridgehead atoms. The number of hydrogen-bond donors (Lipinski definition) is 1. The zero-order valence-corrected chi connectivity index (χ0v) is 18.5. The molecule has 0 spiro atoms. The molecule has 1 heterocycles. The van der Waals surface area contributed by atoms with E-state index in [0.29, 0.717) is 17.2 Å². The van der Waals surface area contributed by atoms with Gasteiger partial charge in [-0.25, -0.2) is 0 Å². The van der Waals surface area contributed by atoms with Gasteiger partial charge in [0.15, 0.2) is 11.5 Å². The van der Waals surface area contributed by atoms with E-state index >= 15 is 0 Å². The van der Waals surface area contributed by atoms with Crippen molar-refractivity contribution in [1.82, 2.24) is 5.01 Å². The number of methoxy groups -OCH3 is 3. The van der Waals surface area contributed by atoms with Crippen LogP contribution in [0.2, 0.25) is 0 Å². The van der Waals surface area contributed by atoms with E-state index in [1.54, 1.807) is 39.5 Å². The van der Waals surface area contributed by atoms with Crippen molar-refractivity contribution in [2.75, 3.05) is 33.2 Å². The van der Waals surface area contributed by atoms with Crippen LogP contribution in [0.3, 0.4) is 0 Å². The maximum Gasteiger partial charge on any atom is 0.248 e. The summed E-state index contributed by atoms with van der Waals surface area (Å²) in [6, 6.07) is 17.0. The van der Waals surface area contributed by atoms with E-state index in [2.05, 4.69) is 10.4 Å². The number of amides is 1. The summed E-state index contributed by atoms with van der Waals surface area (Å²) < 4.78 is 16.1. The first-order chi connectivity index (χ1) is 15.6. The highest BCUT2D eigenvalue weighted by molar-refractivity contribution is 6.02. The fourth-order valence-corrected chi connectivity index (χ4v) is 4.02. The molecule has 1 unspecified atom stereocenters. The smallest absolute Gasteiger partial charge is 0.248 e. The number of fused-ring (bicyclic) bond motifs is 1. The lowest BCUT2D eigenvalue weighted by atomic mass is 10.0. The first-order valence-electron chi connectivity index (χ1n) is 10.5. The van der Waals surface area contributed by atoms with Gasteiger partial charge in [0.05, 0.1) is 27.5 Å². The fourth-order valence-electron chi connectivity index (χ4n) is 4.02. The number of nitrogens with one attached hydrogen (secondary N) is 1. The molecule has 1 aliphatic heterocycles. The number of nitrogens with zero attached hydrogens (tertiary/aromatic N) is 2. The van der Waals surface area contributed by atoms with E-state index in [0.717, 1.165) is 41.5 Å². The molecule has 1 aliphatic rings. The molecule has 1 amide bonds. The number of hydrogen-bond acceptors (Lipinski definition) is 6. The van der Waals surface area contributed by atoms with Gasteiger partial charge in [-0.2, -0.15) is 5.10 Å². The minimum Gasteiger partial charge on any atom is -0.496 e. The normalized spacial score (nSPS) is 15.8. The van der Waals surface area contributed by atoms with Crippen molar-refractivity contribution in [2.24, 2.45) is 5.10 Å². The van der Waals surface area contributed by atoms with E-state index in [1.165, 1.54) is 0 Å². The Labute approximate surface area is 187 Å². The average Bonchev–Trinajstić information content (AvgIpc) is 3.31. The van der Waals surface area contributed by atoms with Gasteiger partial charge in [-0.05, 0) is 42.5 Å². The lowest BCUT2D eigenvalue weighted by molar-refractivity contribution is -0.120. The molecule has 0 aliphatic carbocycles. The molecule has 7 nitrogen and oxygen atoms in total. The van der Waals surface area contributed by atoms with E-state index in [9.17, 15) is 4.79 Å². The molecule has 1 atom stereocenters. The van der Waals surface area contributed by atoms with Crippen LogP contribution in [-0.4, -0.2) is 51.0 Å². The van der Waals surface area contributed by atoms with Crippen molar-refractivity contribution in [2.45, 2.75) is 18.9 Å². The van der Waals surface area contributed by atoms with E-state index in [1.807, 2.05) is 47.6 Å². The van der Waals surface area contributed by atoms with Crippen LogP contribution in [-0.2, 0) is 4.79 Å². The van der Waals surface area contributed by atoms with Crippen molar-refractivity contribution in [3.05, 3.63) is 60.2 Å². The molecule has 1 saturated heterocycles.